The molecule has 0 aliphatic carbocycles. The van der Waals surface area contributed by atoms with Crippen LogP contribution in [-0.4, -0.2) is 32.8 Å². The van der Waals surface area contributed by atoms with Crippen LogP contribution in [0.15, 0.2) is 22.7 Å². The van der Waals surface area contributed by atoms with Crippen molar-refractivity contribution >= 4 is 39.1 Å². The van der Waals surface area contributed by atoms with E-state index in [9.17, 15) is 4.79 Å². The van der Waals surface area contributed by atoms with Crippen molar-refractivity contribution in [2.75, 3.05) is 32.2 Å². The van der Waals surface area contributed by atoms with E-state index in [1.165, 1.54) is 0 Å². The lowest BCUT2D eigenvalue weighted by Gasteiger charge is -2.08. The van der Waals surface area contributed by atoms with Crippen molar-refractivity contribution in [1.82, 2.24) is 0 Å². The largest absolute Gasteiger partial charge is 0.382 e. The fraction of sp³-hybridized carbons (Fsp3) is 0.364. The summed E-state index contributed by atoms with van der Waals surface area (Å²) in [5.41, 5.74) is 0.623. The zero-order chi connectivity index (χ0) is 12.7. The molecule has 6 heteroatoms. The number of halogens is 2. The van der Waals surface area contributed by atoms with Gasteiger partial charge in [-0.15, -0.1) is 0 Å². The molecule has 0 unspecified atom stereocenters. The minimum absolute atomic E-state index is 0.0116. The van der Waals surface area contributed by atoms with Crippen LogP contribution in [0.3, 0.4) is 0 Å². The molecule has 94 valence electrons. The van der Waals surface area contributed by atoms with E-state index in [1.807, 2.05) is 0 Å². The molecule has 0 aromatic heterocycles. The third kappa shape index (κ3) is 5.04. The average molecular weight is 323 g/mol. The molecular formula is C11H13BrClNO3. The van der Waals surface area contributed by atoms with Gasteiger partial charge in [0, 0.05) is 7.11 Å². The number of methoxy groups -OCH3 is 1. The van der Waals surface area contributed by atoms with Gasteiger partial charge in [-0.1, -0.05) is 17.7 Å². The van der Waals surface area contributed by atoms with E-state index in [-0.39, 0.29) is 12.5 Å². The smallest absolute Gasteiger partial charge is 0.250 e. The summed E-state index contributed by atoms with van der Waals surface area (Å²) in [5, 5.41) is 3.24. The third-order valence-electron chi connectivity index (χ3n) is 1.89. The molecule has 0 heterocycles. The minimum Gasteiger partial charge on any atom is -0.382 e. The van der Waals surface area contributed by atoms with Crippen molar-refractivity contribution in [2.24, 2.45) is 0 Å². The first-order valence-electron chi connectivity index (χ1n) is 4.95. The Bertz CT molecular complexity index is 387. The van der Waals surface area contributed by atoms with Crippen molar-refractivity contribution in [2.45, 2.75) is 0 Å². The Hall–Kier alpha value is -0.620. The van der Waals surface area contributed by atoms with Gasteiger partial charge in [-0.25, -0.2) is 0 Å². The van der Waals surface area contributed by atoms with Gasteiger partial charge < -0.3 is 14.8 Å². The summed E-state index contributed by atoms with van der Waals surface area (Å²) in [6.45, 7) is 0.844. The predicted octanol–water partition coefficient (Wildman–Crippen LogP) is 2.70. The van der Waals surface area contributed by atoms with Gasteiger partial charge in [0.2, 0.25) is 5.91 Å². The van der Waals surface area contributed by atoms with E-state index < -0.39 is 0 Å². The van der Waals surface area contributed by atoms with Crippen molar-refractivity contribution in [3.05, 3.63) is 27.7 Å². The van der Waals surface area contributed by atoms with Crippen LogP contribution >= 0.6 is 27.5 Å². The zero-order valence-electron chi connectivity index (χ0n) is 9.33. The molecule has 0 radical (unpaired) electrons. The summed E-state index contributed by atoms with van der Waals surface area (Å²) < 4.78 is 10.5. The molecule has 0 saturated heterocycles. The quantitative estimate of drug-likeness (QED) is 0.819. The highest BCUT2D eigenvalue weighted by Crippen LogP contribution is 2.29. The maximum absolute atomic E-state index is 11.5. The van der Waals surface area contributed by atoms with Crippen molar-refractivity contribution in [3.63, 3.8) is 0 Å². The zero-order valence-corrected chi connectivity index (χ0v) is 11.7. The Balaban J connectivity index is 2.43. The molecule has 1 rings (SSSR count). The normalized spacial score (nSPS) is 10.3. The maximum atomic E-state index is 11.5. The Morgan fingerprint density at radius 3 is 2.94 bits per heavy atom. The van der Waals surface area contributed by atoms with Crippen LogP contribution in [0.5, 0.6) is 0 Å². The first-order chi connectivity index (χ1) is 8.15. The lowest BCUT2D eigenvalue weighted by atomic mass is 10.3. The van der Waals surface area contributed by atoms with Crippen molar-refractivity contribution in [3.8, 4) is 0 Å². The second-order valence-electron chi connectivity index (χ2n) is 3.19. The highest BCUT2D eigenvalue weighted by atomic mass is 79.9. The van der Waals surface area contributed by atoms with Gasteiger partial charge in [0.15, 0.2) is 0 Å². The minimum atomic E-state index is -0.232. The van der Waals surface area contributed by atoms with E-state index in [4.69, 9.17) is 21.1 Å². The number of hydrogen-bond donors (Lipinski definition) is 1. The molecule has 0 bridgehead atoms. The van der Waals surface area contributed by atoms with Crippen LogP contribution in [-0.2, 0) is 14.3 Å². The molecule has 1 aromatic rings. The van der Waals surface area contributed by atoms with Crippen LogP contribution in [0.25, 0.3) is 0 Å². The highest BCUT2D eigenvalue weighted by Gasteiger charge is 2.07. The molecule has 1 N–H and O–H groups in total. The van der Waals surface area contributed by atoms with E-state index in [1.54, 1.807) is 25.3 Å². The molecule has 17 heavy (non-hydrogen) atoms. The Labute approximate surface area is 113 Å². The second-order valence-corrected chi connectivity index (χ2v) is 4.40. The monoisotopic (exact) mass is 321 g/mol. The Morgan fingerprint density at radius 1 is 1.47 bits per heavy atom. The van der Waals surface area contributed by atoms with Crippen LogP contribution < -0.4 is 5.32 Å². The van der Waals surface area contributed by atoms with Crippen molar-refractivity contribution in [1.29, 1.82) is 0 Å². The lowest BCUT2D eigenvalue weighted by molar-refractivity contribution is -0.121. The molecule has 1 amide bonds. The number of nitrogens with one attached hydrogen (secondary N) is 1. The predicted molar refractivity (Wildman–Crippen MR) is 70.5 cm³/mol. The molecule has 0 fully saturated rings. The molecule has 0 saturated carbocycles. The Morgan fingerprint density at radius 2 is 2.24 bits per heavy atom. The Kier molecular flexibility index (Phi) is 6.50. The van der Waals surface area contributed by atoms with E-state index in [0.717, 1.165) is 0 Å². The molecule has 4 nitrogen and oxygen atoms in total. The van der Waals surface area contributed by atoms with E-state index in [0.29, 0.717) is 28.4 Å². The molecule has 1 aromatic carbocycles. The van der Waals surface area contributed by atoms with Gasteiger partial charge in [-0.2, -0.15) is 0 Å². The number of carbonyl (C=O) groups excluding carboxylic acids is 1. The fourth-order valence-electron chi connectivity index (χ4n) is 1.09. The van der Waals surface area contributed by atoms with Gasteiger partial charge >= 0.3 is 0 Å². The van der Waals surface area contributed by atoms with Gasteiger partial charge in [0.05, 0.1) is 28.4 Å². The number of ether oxygens (including phenoxy) is 2. The van der Waals surface area contributed by atoms with Gasteiger partial charge in [0.1, 0.15) is 6.61 Å². The topological polar surface area (TPSA) is 47.6 Å². The SMILES string of the molecule is COCCOCC(=O)Nc1cccc(Cl)c1Br. The highest BCUT2D eigenvalue weighted by molar-refractivity contribution is 9.10. The standard InChI is InChI=1S/C11H13BrClNO3/c1-16-5-6-17-7-10(15)14-9-4-2-3-8(13)11(9)12/h2-4H,5-7H2,1H3,(H,14,15). The summed E-state index contributed by atoms with van der Waals surface area (Å²) in [7, 11) is 1.58. The number of benzene rings is 1. The molecule has 0 atom stereocenters. The lowest BCUT2D eigenvalue weighted by Crippen LogP contribution is -2.19. The van der Waals surface area contributed by atoms with E-state index >= 15 is 0 Å². The molecular weight excluding hydrogens is 309 g/mol. The van der Waals surface area contributed by atoms with Crippen molar-refractivity contribution < 1.29 is 14.3 Å². The van der Waals surface area contributed by atoms with Gasteiger partial charge in [0.25, 0.3) is 0 Å². The first-order valence-corrected chi connectivity index (χ1v) is 6.12. The van der Waals surface area contributed by atoms with Crippen LogP contribution in [0.1, 0.15) is 0 Å². The number of anilines is 1. The fourth-order valence-corrected chi connectivity index (χ4v) is 1.63. The second kappa shape index (κ2) is 7.66. The number of carbonyl (C=O) groups is 1. The van der Waals surface area contributed by atoms with Gasteiger partial charge in [-0.05, 0) is 28.1 Å². The summed E-state index contributed by atoms with van der Waals surface area (Å²) in [6.07, 6.45) is 0. The molecule has 0 spiro atoms. The average Bonchev–Trinajstić information content (AvgIpc) is 2.31. The van der Waals surface area contributed by atoms with Crippen LogP contribution in [0.4, 0.5) is 5.69 Å². The number of rotatable bonds is 6. The first kappa shape index (κ1) is 14.4. The van der Waals surface area contributed by atoms with Crippen LogP contribution in [0.2, 0.25) is 5.02 Å². The van der Waals surface area contributed by atoms with Crippen LogP contribution in [0, 0.1) is 0 Å². The maximum Gasteiger partial charge on any atom is 0.250 e. The van der Waals surface area contributed by atoms with E-state index in [2.05, 4.69) is 21.2 Å². The summed E-state index contributed by atoms with van der Waals surface area (Å²) in [4.78, 5) is 11.5. The third-order valence-corrected chi connectivity index (χ3v) is 3.29. The number of hydrogen-bond acceptors (Lipinski definition) is 3. The molecule has 0 aliphatic heterocycles. The summed E-state index contributed by atoms with van der Waals surface area (Å²) >= 11 is 9.19. The number of amides is 1. The summed E-state index contributed by atoms with van der Waals surface area (Å²) in [5.74, 6) is -0.232. The summed E-state index contributed by atoms with van der Waals surface area (Å²) in [6, 6.07) is 5.24. The molecule has 0 aliphatic rings. The van der Waals surface area contributed by atoms with Gasteiger partial charge in [-0.3, -0.25) is 4.79 Å².